The molecule has 3 aliphatic rings. The third-order valence-electron chi connectivity index (χ3n) is 10.5. The third-order valence-corrected chi connectivity index (χ3v) is 11.0. The van der Waals surface area contributed by atoms with Crippen LogP contribution in [0.4, 0.5) is 4.79 Å². The van der Waals surface area contributed by atoms with Crippen LogP contribution in [-0.2, 0) is 4.79 Å². The summed E-state index contributed by atoms with van der Waals surface area (Å²) in [5.74, 6) is 1.69. The minimum atomic E-state index is -0.661. The van der Waals surface area contributed by atoms with Crippen LogP contribution in [0.2, 0.25) is 10.0 Å². The first kappa shape index (κ1) is 40.6. The van der Waals surface area contributed by atoms with Gasteiger partial charge < -0.3 is 33.9 Å². The van der Waals surface area contributed by atoms with Gasteiger partial charge in [-0.2, -0.15) is 0 Å². The third kappa shape index (κ3) is 8.46. The second kappa shape index (κ2) is 17.6. The Morgan fingerprint density at radius 3 is 2.28 bits per heavy atom. The highest BCUT2D eigenvalue weighted by atomic mass is 35.5. The number of piperazine rings is 1. The number of hydrogen-bond donors (Lipinski definition) is 1. The number of urea groups is 1. The molecule has 0 aromatic heterocycles. The normalized spacial score (nSPS) is 17.2. The smallest absolute Gasteiger partial charge is 0.519 e. The van der Waals surface area contributed by atoms with E-state index in [9.17, 15) is 9.59 Å². The van der Waals surface area contributed by atoms with Crippen molar-refractivity contribution in [2.45, 2.75) is 32.0 Å². The van der Waals surface area contributed by atoms with Crippen molar-refractivity contribution in [3.63, 3.8) is 0 Å². The summed E-state index contributed by atoms with van der Waals surface area (Å²) in [5, 5.41) is 4.04. The number of rotatable bonds is 11. The average Bonchev–Trinajstić information content (AvgIpc) is 3.87. The molecular weight excluding hydrogens is 804 g/mol. The van der Waals surface area contributed by atoms with E-state index < -0.39 is 25.2 Å². The van der Waals surface area contributed by atoms with Gasteiger partial charge in [0.05, 0.1) is 30.4 Å². The van der Waals surface area contributed by atoms with Gasteiger partial charge in [0.15, 0.2) is 5.75 Å². The number of halogens is 2. The van der Waals surface area contributed by atoms with Crippen LogP contribution < -0.4 is 29.6 Å². The molecule has 1 fully saturated rings. The number of hydrogen-bond acceptors (Lipinski definition) is 8. The van der Waals surface area contributed by atoms with Crippen molar-refractivity contribution in [3.05, 3.63) is 148 Å². The lowest BCUT2D eigenvalue weighted by molar-refractivity contribution is -0.134. The maximum atomic E-state index is 15.1. The summed E-state index contributed by atoms with van der Waals surface area (Å²) in [6, 6.07) is 33.2. The Kier molecular flexibility index (Phi) is 11.9. The van der Waals surface area contributed by atoms with Gasteiger partial charge in [-0.15, -0.1) is 0 Å². The lowest BCUT2D eigenvalue weighted by Gasteiger charge is -2.38. The van der Waals surface area contributed by atoms with Crippen molar-refractivity contribution >= 4 is 59.5 Å². The first-order valence-electron chi connectivity index (χ1n) is 19.7. The summed E-state index contributed by atoms with van der Waals surface area (Å²) < 4.78 is 23.9. The molecule has 306 valence electrons. The molecule has 5 aromatic carbocycles. The number of aliphatic imine (C=N–C) groups is 1. The lowest BCUT2D eigenvalue weighted by Crippen LogP contribution is -2.57. The van der Waals surface area contributed by atoms with Crippen LogP contribution in [0, 0.1) is 0 Å². The summed E-state index contributed by atoms with van der Waals surface area (Å²) in [6.45, 7) is 4.60. The Hall–Kier alpha value is -6.18. The van der Waals surface area contributed by atoms with Crippen LogP contribution in [0.5, 0.6) is 23.0 Å². The summed E-state index contributed by atoms with van der Waals surface area (Å²) in [7, 11) is 0.917. The Balaban J connectivity index is 1.01. The van der Waals surface area contributed by atoms with Crippen LogP contribution in [0.1, 0.15) is 53.0 Å². The monoisotopic (exact) mass is 845 g/mol. The van der Waals surface area contributed by atoms with Crippen molar-refractivity contribution in [1.82, 2.24) is 20.0 Å². The summed E-state index contributed by atoms with van der Waals surface area (Å²) in [6.07, 6.45) is -0.195. The number of amidine groups is 1. The highest BCUT2D eigenvalue weighted by Gasteiger charge is 2.46. The Morgan fingerprint density at radius 2 is 1.60 bits per heavy atom. The number of benzene rings is 5. The first-order chi connectivity index (χ1) is 29.1. The van der Waals surface area contributed by atoms with Crippen LogP contribution >= 0.6 is 23.2 Å². The fourth-order valence-corrected chi connectivity index (χ4v) is 7.83. The minimum Gasteiger partial charge on any atom is -0.519 e. The summed E-state index contributed by atoms with van der Waals surface area (Å²) in [5.41, 5.74) is 3.39. The molecule has 0 aliphatic carbocycles. The lowest BCUT2D eigenvalue weighted by atomic mass is 9.79. The maximum absolute atomic E-state index is 15.1. The standard InChI is InChI=1S/C45H42BCl2N5O7/c1-28(2)58-38-26-34(57-3)20-21-35(38)43-50-40(29-12-16-32(47)17-13-29)41(30-14-18-33(48)19-15-30)53(43)45(56)52-25-24-51(39(54)27-52)23-22-49-44(55)36-10-7-11-37-42(36)60-46(59-37)31-8-5-4-6-9-31/h4-21,26,28,40-41H,22-25,27H2,1-3H3,(H,49,55)/t40-,41+/m0/s1. The molecule has 0 saturated carbocycles. The number of methoxy groups -OCH3 is 1. The molecule has 15 heteroatoms. The van der Waals surface area contributed by atoms with Gasteiger partial charge in [-0.25, -0.2) is 4.79 Å². The topological polar surface area (TPSA) is 122 Å². The molecule has 1 N–H and O–H groups in total. The fourth-order valence-electron chi connectivity index (χ4n) is 7.58. The number of nitrogens with zero attached hydrogens (tertiary/aromatic N) is 4. The van der Waals surface area contributed by atoms with Crippen molar-refractivity contribution in [2.75, 3.05) is 39.8 Å². The van der Waals surface area contributed by atoms with Crippen molar-refractivity contribution in [1.29, 1.82) is 0 Å². The van der Waals surface area contributed by atoms with E-state index in [1.807, 2.05) is 74.5 Å². The van der Waals surface area contributed by atoms with E-state index in [-0.39, 0.29) is 50.6 Å². The molecule has 12 nitrogen and oxygen atoms in total. The molecule has 2 atom stereocenters. The van der Waals surface area contributed by atoms with Gasteiger partial charge in [-0.3, -0.25) is 19.5 Å². The van der Waals surface area contributed by atoms with Crippen molar-refractivity contribution < 1.29 is 33.2 Å². The Labute approximate surface area is 358 Å². The first-order valence-corrected chi connectivity index (χ1v) is 20.4. The van der Waals surface area contributed by atoms with E-state index in [0.29, 0.717) is 50.0 Å². The van der Waals surface area contributed by atoms with E-state index in [0.717, 1.165) is 16.6 Å². The van der Waals surface area contributed by atoms with Gasteiger partial charge in [-0.1, -0.05) is 83.9 Å². The van der Waals surface area contributed by atoms with E-state index in [1.165, 1.54) is 0 Å². The zero-order valence-electron chi connectivity index (χ0n) is 33.2. The number of ether oxygens (including phenoxy) is 2. The molecule has 1 saturated heterocycles. The van der Waals surface area contributed by atoms with Gasteiger partial charge in [0.2, 0.25) is 5.91 Å². The Bertz CT molecular complexity index is 2420. The van der Waals surface area contributed by atoms with Gasteiger partial charge >= 0.3 is 13.1 Å². The van der Waals surface area contributed by atoms with Crippen molar-refractivity contribution in [3.8, 4) is 23.0 Å². The molecule has 5 aromatic rings. The van der Waals surface area contributed by atoms with Crippen molar-refractivity contribution in [2.24, 2.45) is 4.99 Å². The highest BCUT2D eigenvalue weighted by molar-refractivity contribution is 6.63. The predicted molar refractivity (Wildman–Crippen MR) is 231 cm³/mol. The summed E-state index contributed by atoms with van der Waals surface area (Å²) in [4.78, 5) is 52.3. The van der Waals surface area contributed by atoms with Gasteiger partial charge in [0.1, 0.15) is 35.7 Å². The number of fused-ring (bicyclic) bond motifs is 1. The number of carbonyl (C=O) groups excluding carboxylic acids is 3. The second-order valence-corrected chi connectivity index (χ2v) is 15.7. The van der Waals surface area contributed by atoms with Crippen LogP contribution in [0.3, 0.4) is 0 Å². The highest BCUT2D eigenvalue weighted by Crippen LogP contribution is 2.46. The molecule has 0 radical (unpaired) electrons. The average molecular weight is 847 g/mol. The SMILES string of the molecule is COc1ccc(C2=N[C@@H](c3ccc(Cl)cc3)[C@@H](c3ccc(Cl)cc3)N2C(=O)N2CCN(CCNC(=O)c3cccc4c3OB(c3ccccc3)O4)C(=O)C2)c(OC(C)C)c1. The second-order valence-electron chi connectivity index (χ2n) is 14.8. The molecular formula is C45H42BCl2N5O7. The number of amides is 4. The van der Waals surface area contributed by atoms with E-state index in [2.05, 4.69) is 5.32 Å². The van der Waals surface area contributed by atoms with E-state index in [1.54, 1.807) is 76.4 Å². The minimum absolute atomic E-state index is 0.175. The van der Waals surface area contributed by atoms with Crippen LogP contribution in [0.25, 0.3) is 0 Å². The summed E-state index contributed by atoms with van der Waals surface area (Å²) >= 11 is 12.7. The van der Waals surface area contributed by atoms with E-state index in [4.69, 9.17) is 47.0 Å². The maximum Gasteiger partial charge on any atom is 0.632 e. The number of carbonyl (C=O) groups is 3. The van der Waals surface area contributed by atoms with Crippen LogP contribution in [0.15, 0.2) is 120 Å². The number of para-hydroxylation sites is 1. The molecule has 3 heterocycles. The molecule has 4 amide bonds. The number of nitrogens with one attached hydrogen (secondary N) is 1. The van der Waals surface area contributed by atoms with Crippen LogP contribution in [-0.4, -0.2) is 91.4 Å². The molecule has 8 rings (SSSR count). The molecule has 0 bridgehead atoms. The molecule has 0 spiro atoms. The van der Waals surface area contributed by atoms with Gasteiger partial charge in [-0.05, 0) is 73.5 Å². The van der Waals surface area contributed by atoms with Gasteiger partial charge in [0, 0.05) is 47.8 Å². The molecule has 60 heavy (non-hydrogen) atoms. The molecule has 3 aliphatic heterocycles. The largest absolute Gasteiger partial charge is 0.632 e. The van der Waals surface area contributed by atoms with Gasteiger partial charge in [0.25, 0.3) is 5.91 Å². The molecule has 0 unspecified atom stereocenters. The Morgan fingerprint density at radius 1 is 0.883 bits per heavy atom. The zero-order valence-corrected chi connectivity index (χ0v) is 34.7. The van der Waals surface area contributed by atoms with E-state index >= 15 is 4.79 Å². The fraction of sp³-hybridized carbons (Fsp3) is 0.244. The zero-order chi connectivity index (χ0) is 41.9. The quantitative estimate of drug-likeness (QED) is 0.140. The predicted octanol–water partition coefficient (Wildman–Crippen LogP) is 7.19.